The monoisotopic (exact) mass is 815 g/mol. The number of nitrogens with zero attached hydrogens (tertiary/aromatic N) is 5. The van der Waals surface area contributed by atoms with Gasteiger partial charge in [-0.3, -0.25) is 9.69 Å². The van der Waals surface area contributed by atoms with Crippen LogP contribution in [0.15, 0.2) is 70.0 Å². The van der Waals surface area contributed by atoms with E-state index in [1.54, 1.807) is 40.2 Å². The summed E-state index contributed by atoms with van der Waals surface area (Å²) in [5.74, 6) is -0.944. The molecule has 0 spiro atoms. The van der Waals surface area contributed by atoms with E-state index < -0.39 is 51.8 Å². The summed E-state index contributed by atoms with van der Waals surface area (Å²) < 4.78 is 34.4. The number of amides is 4. The lowest BCUT2D eigenvalue weighted by molar-refractivity contribution is -0.125. The van der Waals surface area contributed by atoms with Crippen molar-refractivity contribution in [3.63, 3.8) is 0 Å². The highest BCUT2D eigenvalue weighted by molar-refractivity contribution is 7.89. The molecule has 3 rings (SSSR count). The van der Waals surface area contributed by atoms with E-state index in [1.807, 2.05) is 58.0 Å². The molecule has 17 heteroatoms. The molecule has 0 fully saturated rings. The van der Waals surface area contributed by atoms with Gasteiger partial charge in [0.25, 0.3) is 0 Å². The fraction of sp³-hybridized carbons (Fsp3) is 0.538. The number of hydrogen-bond donors (Lipinski definition) is 3. The van der Waals surface area contributed by atoms with Crippen molar-refractivity contribution in [3.8, 4) is 0 Å². The molecular formula is C39H57N7O8S2. The smallest absolute Gasteiger partial charge is 0.416 e. The second kappa shape index (κ2) is 20.6. The van der Waals surface area contributed by atoms with E-state index in [0.29, 0.717) is 22.8 Å². The molecule has 3 aromatic rings. The minimum atomic E-state index is -4.10. The molecule has 0 unspecified atom stereocenters. The number of ether oxygens (including phenoxy) is 1. The van der Waals surface area contributed by atoms with Gasteiger partial charge in [-0.05, 0) is 62.3 Å². The Labute approximate surface area is 334 Å². The molecule has 0 saturated carbocycles. The number of aromatic nitrogens is 1. The molecule has 0 bridgehead atoms. The Hall–Kier alpha value is -4.45. The molecule has 4 atom stereocenters. The normalized spacial score (nSPS) is 14.1. The van der Waals surface area contributed by atoms with Gasteiger partial charge in [-0.2, -0.15) is 9.21 Å². The number of benzene rings is 2. The number of sulfonamides is 1. The first-order valence-corrected chi connectivity index (χ1v) is 20.9. The Bertz CT molecular complexity index is 1850. The van der Waals surface area contributed by atoms with Crippen LogP contribution in [0.4, 0.5) is 14.7 Å². The molecule has 15 nitrogen and oxygen atoms in total. The number of aliphatic hydroxyl groups is 1. The van der Waals surface area contributed by atoms with Crippen molar-refractivity contribution < 1.29 is 32.6 Å². The van der Waals surface area contributed by atoms with Gasteiger partial charge in [0.2, 0.25) is 15.9 Å². The predicted molar refractivity (Wildman–Crippen MR) is 218 cm³/mol. The number of nitroso groups, excluding NO2 is 1. The van der Waals surface area contributed by atoms with Crippen molar-refractivity contribution in [1.82, 2.24) is 24.8 Å². The van der Waals surface area contributed by atoms with E-state index in [1.165, 1.54) is 49.7 Å². The summed E-state index contributed by atoms with van der Waals surface area (Å²) in [6.45, 7) is 12.5. The maximum absolute atomic E-state index is 14.1. The summed E-state index contributed by atoms with van der Waals surface area (Å²) in [5.41, 5.74) is 1.22. The Morgan fingerprint density at radius 1 is 0.964 bits per heavy atom. The van der Waals surface area contributed by atoms with Gasteiger partial charge in [0.05, 0.1) is 29.3 Å². The van der Waals surface area contributed by atoms with Crippen molar-refractivity contribution in [2.45, 2.75) is 103 Å². The molecule has 2 aromatic carbocycles. The number of carbonyl (C=O) groups is 3. The van der Waals surface area contributed by atoms with Crippen molar-refractivity contribution in [2.24, 2.45) is 17.0 Å². The average molecular weight is 816 g/mol. The van der Waals surface area contributed by atoms with Gasteiger partial charge in [0.1, 0.15) is 18.2 Å². The highest BCUT2D eigenvalue weighted by atomic mass is 32.2. The van der Waals surface area contributed by atoms with Crippen LogP contribution in [-0.4, -0.2) is 96.7 Å². The van der Waals surface area contributed by atoms with Crippen LogP contribution >= 0.6 is 11.3 Å². The molecule has 56 heavy (non-hydrogen) atoms. The van der Waals surface area contributed by atoms with Crippen LogP contribution in [0.25, 0.3) is 0 Å². The predicted octanol–water partition coefficient (Wildman–Crippen LogP) is 5.77. The summed E-state index contributed by atoms with van der Waals surface area (Å²) in [6, 6.07) is 12.6. The molecular weight excluding hydrogens is 759 g/mol. The van der Waals surface area contributed by atoms with Gasteiger partial charge in [0, 0.05) is 32.6 Å². The molecule has 1 heterocycles. The Morgan fingerprint density at radius 3 is 2.18 bits per heavy atom. The minimum Gasteiger partial charge on any atom is -0.443 e. The van der Waals surface area contributed by atoms with Crippen molar-refractivity contribution in [1.29, 1.82) is 0 Å². The SMILES string of the molecule is CC[C@H](C)[C@H](NC(=O)N(C)Cc1csc(N(C)C(=O)OC(C)(C)C)n1)C(=O)N[C@@H](Cc1ccccc1)[C@H](O)CN(CC(C)C)S(=O)(=O)c1ccc(CN=O)cc1. The molecule has 0 saturated heterocycles. The van der Waals surface area contributed by atoms with Crippen LogP contribution in [0.1, 0.15) is 71.7 Å². The fourth-order valence-corrected chi connectivity index (χ4v) is 8.01. The maximum Gasteiger partial charge on any atom is 0.416 e. The lowest BCUT2D eigenvalue weighted by atomic mass is 9.96. The first kappa shape index (κ1) is 45.9. The Kier molecular flexibility index (Phi) is 16.9. The molecule has 0 aliphatic carbocycles. The van der Waals surface area contributed by atoms with Crippen LogP contribution in [0, 0.1) is 16.7 Å². The van der Waals surface area contributed by atoms with Crippen molar-refractivity contribution in [3.05, 3.63) is 81.7 Å². The largest absolute Gasteiger partial charge is 0.443 e. The Balaban J connectivity index is 1.82. The first-order valence-electron chi connectivity index (χ1n) is 18.6. The van der Waals surface area contributed by atoms with Gasteiger partial charge in [-0.1, -0.05) is 81.8 Å². The van der Waals surface area contributed by atoms with E-state index in [4.69, 9.17) is 4.74 Å². The summed E-state index contributed by atoms with van der Waals surface area (Å²) in [5, 5.41) is 22.5. The third kappa shape index (κ3) is 13.6. The molecule has 3 N–H and O–H groups in total. The number of anilines is 1. The van der Waals surface area contributed by atoms with Crippen LogP contribution in [0.3, 0.4) is 0 Å². The molecule has 0 radical (unpaired) electrons. The Morgan fingerprint density at radius 2 is 1.61 bits per heavy atom. The first-order chi connectivity index (χ1) is 26.2. The van der Waals surface area contributed by atoms with E-state index in [2.05, 4.69) is 20.8 Å². The third-order valence-corrected chi connectivity index (χ3v) is 11.7. The number of rotatable bonds is 19. The summed E-state index contributed by atoms with van der Waals surface area (Å²) in [7, 11) is -0.978. The zero-order valence-corrected chi connectivity index (χ0v) is 35.4. The number of hydrogen-bond acceptors (Lipinski definition) is 11. The summed E-state index contributed by atoms with van der Waals surface area (Å²) >= 11 is 1.23. The van der Waals surface area contributed by atoms with Gasteiger partial charge >= 0.3 is 12.1 Å². The van der Waals surface area contributed by atoms with E-state index in [0.717, 1.165) is 5.56 Å². The minimum absolute atomic E-state index is 0.00347. The van der Waals surface area contributed by atoms with Crippen molar-refractivity contribution >= 4 is 44.5 Å². The van der Waals surface area contributed by atoms with Gasteiger partial charge < -0.3 is 25.4 Å². The topological polar surface area (TPSA) is 191 Å². The van der Waals surface area contributed by atoms with Gasteiger partial charge in [-0.15, -0.1) is 11.3 Å². The molecule has 308 valence electrons. The lowest BCUT2D eigenvalue weighted by Gasteiger charge is -2.33. The van der Waals surface area contributed by atoms with Crippen LogP contribution < -0.4 is 15.5 Å². The second-order valence-electron chi connectivity index (χ2n) is 15.3. The van der Waals surface area contributed by atoms with Gasteiger partial charge in [-0.25, -0.2) is 23.0 Å². The number of carbonyl (C=O) groups excluding carboxylic acids is 3. The van der Waals surface area contributed by atoms with Crippen LogP contribution in [0.5, 0.6) is 0 Å². The second-order valence-corrected chi connectivity index (χ2v) is 18.1. The zero-order valence-electron chi connectivity index (χ0n) is 33.8. The van der Waals surface area contributed by atoms with Crippen LogP contribution in [0.2, 0.25) is 0 Å². The van der Waals surface area contributed by atoms with E-state index >= 15 is 0 Å². The quantitative estimate of drug-likeness (QED) is 0.126. The van der Waals surface area contributed by atoms with Crippen LogP contribution in [-0.2, 0) is 39.1 Å². The van der Waals surface area contributed by atoms with Gasteiger partial charge in [0.15, 0.2) is 5.13 Å². The van der Waals surface area contributed by atoms with E-state index in [9.17, 15) is 32.8 Å². The van der Waals surface area contributed by atoms with Crippen molar-refractivity contribution in [2.75, 3.05) is 32.1 Å². The molecule has 0 aliphatic rings. The number of thiazole rings is 1. The highest BCUT2D eigenvalue weighted by Crippen LogP contribution is 2.23. The molecule has 4 amide bonds. The lowest BCUT2D eigenvalue weighted by Crippen LogP contribution is -2.58. The number of urea groups is 1. The standard InChI is InChI=1S/C39H57N7O8S2/c1-10-27(4)34(43-36(49)44(8)23-30-25-55-37(41-30)45(9)38(50)54-39(5,6)7)35(48)42-32(20-28-14-12-11-13-15-28)33(47)24-46(22-26(2)3)56(52,53)31-18-16-29(17-19-31)21-40-51/h11-19,25-27,32-34,47H,10,20-24H2,1-9H3,(H,42,48)(H,43,49)/t27-,32-,33+,34-/m0/s1. The average Bonchev–Trinajstić information content (AvgIpc) is 3.60. The maximum atomic E-state index is 14.1. The summed E-state index contributed by atoms with van der Waals surface area (Å²) in [4.78, 5) is 58.0. The third-order valence-electron chi connectivity index (χ3n) is 8.87. The zero-order chi connectivity index (χ0) is 41.8. The number of nitrogens with one attached hydrogen (secondary N) is 2. The highest BCUT2D eigenvalue weighted by Gasteiger charge is 2.34. The molecule has 0 aliphatic heterocycles. The fourth-order valence-electron chi connectivity index (χ4n) is 5.62. The number of aliphatic hydroxyl groups excluding tert-OH is 1. The molecule has 1 aromatic heterocycles. The van der Waals surface area contributed by atoms with E-state index in [-0.39, 0.29) is 49.3 Å². The summed E-state index contributed by atoms with van der Waals surface area (Å²) in [6.07, 6.45) is -1.18.